The molecule has 0 aromatic heterocycles. The molecule has 2 fully saturated rings. The summed E-state index contributed by atoms with van der Waals surface area (Å²) in [5, 5.41) is 3.86. The molecule has 2 unspecified atom stereocenters. The molecule has 118 valence electrons. The Morgan fingerprint density at radius 1 is 1.15 bits per heavy atom. The maximum atomic E-state index is 3.86. The Hall–Kier alpha value is -0.0800. The molecule has 1 heterocycles. The van der Waals surface area contributed by atoms with Crippen molar-refractivity contribution in [3.63, 3.8) is 0 Å². The monoisotopic (exact) mass is 280 g/mol. The summed E-state index contributed by atoms with van der Waals surface area (Å²) < 4.78 is 0. The van der Waals surface area contributed by atoms with Gasteiger partial charge >= 0.3 is 0 Å². The lowest BCUT2D eigenvalue weighted by molar-refractivity contribution is 0.0536. The van der Waals surface area contributed by atoms with Crippen molar-refractivity contribution in [2.24, 2.45) is 11.3 Å². The number of piperidine rings is 1. The second-order valence-electron chi connectivity index (χ2n) is 8.42. The van der Waals surface area contributed by atoms with Gasteiger partial charge in [0.25, 0.3) is 0 Å². The van der Waals surface area contributed by atoms with E-state index >= 15 is 0 Å². The number of rotatable bonds is 6. The van der Waals surface area contributed by atoms with Crippen LogP contribution in [0.3, 0.4) is 0 Å². The van der Waals surface area contributed by atoms with E-state index in [1.807, 2.05) is 0 Å². The van der Waals surface area contributed by atoms with Crippen LogP contribution < -0.4 is 5.32 Å². The highest BCUT2D eigenvalue weighted by atomic mass is 15.2. The van der Waals surface area contributed by atoms with Crippen molar-refractivity contribution in [2.45, 2.75) is 84.7 Å². The average Bonchev–Trinajstić information content (AvgIpc) is 2.31. The molecule has 2 nitrogen and oxygen atoms in total. The van der Waals surface area contributed by atoms with Crippen molar-refractivity contribution >= 4 is 0 Å². The third-order valence-corrected chi connectivity index (χ3v) is 5.04. The maximum Gasteiger partial charge on any atom is 0.0198 e. The molecule has 2 heteroatoms. The quantitative estimate of drug-likeness (QED) is 0.789. The minimum Gasteiger partial charge on any atom is -0.312 e. The zero-order chi connectivity index (χ0) is 14.6. The maximum absolute atomic E-state index is 3.86. The first-order valence-corrected chi connectivity index (χ1v) is 8.95. The largest absolute Gasteiger partial charge is 0.312 e. The van der Waals surface area contributed by atoms with Crippen molar-refractivity contribution in [3.8, 4) is 0 Å². The molecule has 2 rings (SSSR count). The number of hydrogen-bond donors (Lipinski definition) is 1. The van der Waals surface area contributed by atoms with E-state index in [0.29, 0.717) is 5.41 Å². The lowest BCUT2D eigenvalue weighted by Gasteiger charge is -2.46. The molecule has 0 aromatic rings. The van der Waals surface area contributed by atoms with Gasteiger partial charge in [-0.05, 0) is 37.0 Å². The summed E-state index contributed by atoms with van der Waals surface area (Å²) in [6, 6.07) is 1.64. The first kappa shape index (κ1) is 16.3. The van der Waals surface area contributed by atoms with Gasteiger partial charge in [-0.15, -0.1) is 0 Å². The standard InChI is InChI=1S/C18H36N2/c1-5-6-8-15-11-16(19-14-18(2,3)4)13-20(12-15)17-9-7-10-17/h15-17,19H,5-14H2,1-4H3. The third-order valence-electron chi connectivity index (χ3n) is 5.04. The van der Waals surface area contributed by atoms with Crippen molar-refractivity contribution in [2.75, 3.05) is 19.6 Å². The fraction of sp³-hybridized carbons (Fsp3) is 1.00. The summed E-state index contributed by atoms with van der Waals surface area (Å²) in [5.41, 5.74) is 0.400. The summed E-state index contributed by atoms with van der Waals surface area (Å²) in [4.78, 5) is 2.81. The zero-order valence-electron chi connectivity index (χ0n) is 14.3. The van der Waals surface area contributed by atoms with E-state index in [1.165, 1.54) is 58.0 Å². The number of nitrogens with zero attached hydrogens (tertiary/aromatic N) is 1. The Labute approximate surface area is 126 Å². The second kappa shape index (κ2) is 7.26. The van der Waals surface area contributed by atoms with E-state index in [4.69, 9.17) is 0 Å². The van der Waals surface area contributed by atoms with Crippen molar-refractivity contribution < 1.29 is 0 Å². The second-order valence-corrected chi connectivity index (χ2v) is 8.42. The van der Waals surface area contributed by atoms with Crippen LogP contribution >= 0.6 is 0 Å². The molecule has 20 heavy (non-hydrogen) atoms. The van der Waals surface area contributed by atoms with Crippen molar-refractivity contribution in [1.82, 2.24) is 10.2 Å². The van der Waals surface area contributed by atoms with Gasteiger partial charge in [0.15, 0.2) is 0 Å². The molecule has 1 aliphatic carbocycles. The van der Waals surface area contributed by atoms with Crippen LogP contribution in [-0.2, 0) is 0 Å². The van der Waals surface area contributed by atoms with Gasteiger partial charge in [0.2, 0.25) is 0 Å². The van der Waals surface area contributed by atoms with E-state index in [-0.39, 0.29) is 0 Å². The Balaban J connectivity index is 1.85. The Morgan fingerprint density at radius 3 is 2.45 bits per heavy atom. The average molecular weight is 280 g/mol. The van der Waals surface area contributed by atoms with Crippen LogP contribution in [0, 0.1) is 11.3 Å². The van der Waals surface area contributed by atoms with Crippen molar-refractivity contribution in [1.29, 1.82) is 0 Å². The van der Waals surface area contributed by atoms with Gasteiger partial charge in [0, 0.05) is 31.7 Å². The number of unbranched alkanes of at least 4 members (excludes halogenated alkanes) is 1. The van der Waals surface area contributed by atoms with E-state index in [1.54, 1.807) is 0 Å². The summed E-state index contributed by atoms with van der Waals surface area (Å²) in [6.45, 7) is 13.1. The molecule has 0 radical (unpaired) electrons. The normalized spacial score (nSPS) is 29.4. The first-order chi connectivity index (χ1) is 9.48. The highest BCUT2D eigenvalue weighted by Crippen LogP contribution is 2.31. The van der Waals surface area contributed by atoms with Crippen LogP contribution in [0.15, 0.2) is 0 Å². The molecule has 0 bridgehead atoms. The Kier molecular flexibility index (Phi) is 5.92. The van der Waals surface area contributed by atoms with Gasteiger partial charge in [0.1, 0.15) is 0 Å². The van der Waals surface area contributed by atoms with Gasteiger partial charge < -0.3 is 5.32 Å². The van der Waals surface area contributed by atoms with E-state index in [0.717, 1.165) is 24.5 Å². The first-order valence-electron chi connectivity index (χ1n) is 8.95. The molecular formula is C18H36N2. The fourth-order valence-corrected chi connectivity index (χ4v) is 3.59. The Morgan fingerprint density at radius 2 is 1.90 bits per heavy atom. The summed E-state index contributed by atoms with van der Waals surface area (Å²) in [6.07, 6.45) is 9.96. The van der Waals surface area contributed by atoms with Crippen LogP contribution in [0.25, 0.3) is 0 Å². The molecule has 1 aliphatic heterocycles. The molecule has 0 amide bonds. The predicted molar refractivity (Wildman–Crippen MR) is 88.1 cm³/mol. The highest BCUT2D eigenvalue weighted by molar-refractivity contribution is 4.90. The van der Waals surface area contributed by atoms with E-state index in [9.17, 15) is 0 Å². The van der Waals surface area contributed by atoms with Gasteiger partial charge in [-0.1, -0.05) is 47.0 Å². The molecule has 1 saturated carbocycles. The lowest BCUT2D eigenvalue weighted by atomic mass is 9.84. The molecule has 2 aliphatic rings. The highest BCUT2D eigenvalue weighted by Gasteiger charge is 2.33. The number of likely N-dealkylation sites (tertiary alicyclic amines) is 1. The summed E-state index contributed by atoms with van der Waals surface area (Å²) >= 11 is 0. The number of hydrogen-bond acceptors (Lipinski definition) is 2. The number of nitrogens with one attached hydrogen (secondary N) is 1. The molecular weight excluding hydrogens is 244 g/mol. The Bertz CT molecular complexity index is 278. The molecule has 1 N–H and O–H groups in total. The van der Waals surface area contributed by atoms with Crippen LogP contribution in [0.2, 0.25) is 0 Å². The van der Waals surface area contributed by atoms with Gasteiger partial charge in [-0.3, -0.25) is 4.90 Å². The third kappa shape index (κ3) is 5.04. The fourth-order valence-electron chi connectivity index (χ4n) is 3.59. The minimum atomic E-state index is 0.400. The lowest BCUT2D eigenvalue weighted by Crippen LogP contribution is -2.55. The zero-order valence-corrected chi connectivity index (χ0v) is 14.3. The van der Waals surface area contributed by atoms with Crippen LogP contribution in [0.5, 0.6) is 0 Å². The minimum absolute atomic E-state index is 0.400. The molecule has 2 atom stereocenters. The SMILES string of the molecule is CCCCC1CC(NCC(C)(C)C)CN(C2CCC2)C1. The van der Waals surface area contributed by atoms with Crippen LogP contribution in [0.4, 0.5) is 0 Å². The van der Waals surface area contributed by atoms with Gasteiger partial charge in [-0.25, -0.2) is 0 Å². The topological polar surface area (TPSA) is 15.3 Å². The van der Waals surface area contributed by atoms with Crippen LogP contribution in [-0.4, -0.2) is 36.6 Å². The smallest absolute Gasteiger partial charge is 0.0198 e. The molecule has 1 saturated heterocycles. The van der Waals surface area contributed by atoms with Crippen molar-refractivity contribution in [3.05, 3.63) is 0 Å². The molecule has 0 spiro atoms. The summed E-state index contributed by atoms with van der Waals surface area (Å²) in [7, 11) is 0. The van der Waals surface area contributed by atoms with E-state index < -0.39 is 0 Å². The van der Waals surface area contributed by atoms with Gasteiger partial charge in [-0.2, -0.15) is 0 Å². The van der Waals surface area contributed by atoms with E-state index in [2.05, 4.69) is 37.9 Å². The van der Waals surface area contributed by atoms with Gasteiger partial charge in [0.05, 0.1) is 0 Å². The summed E-state index contributed by atoms with van der Waals surface area (Å²) in [5.74, 6) is 0.932. The van der Waals surface area contributed by atoms with Crippen LogP contribution in [0.1, 0.15) is 72.6 Å². The molecule has 0 aromatic carbocycles. The predicted octanol–water partition coefficient (Wildman–Crippen LogP) is 4.06.